The lowest BCUT2D eigenvalue weighted by molar-refractivity contribution is 0.101. The van der Waals surface area contributed by atoms with Gasteiger partial charge < -0.3 is 4.57 Å². The highest BCUT2D eigenvalue weighted by Crippen LogP contribution is 2.22. The zero-order valence-electron chi connectivity index (χ0n) is 12.8. The van der Waals surface area contributed by atoms with Crippen LogP contribution in [0.5, 0.6) is 0 Å². The van der Waals surface area contributed by atoms with Gasteiger partial charge in [0, 0.05) is 29.0 Å². The molecule has 0 saturated heterocycles. The van der Waals surface area contributed by atoms with Crippen LogP contribution in [0.3, 0.4) is 0 Å². The van der Waals surface area contributed by atoms with Crippen molar-refractivity contribution in [2.45, 2.75) is 6.54 Å². The monoisotopic (exact) mass is 333 g/mol. The normalized spacial score (nSPS) is 10.8. The van der Waals surface area contributed by atoms with Crippen molar-refractivity contribution in [3.05, 3.63) is 83.5 Å². The maximum atomic E-state index is 12.7. The molecule has 0 radical (unpaired) electrons. The van der Waals surface area contributed by atoms with Gasteiger partial charge in [-0.15, -0.1) is 11.3 Å². The molecule has 4 nitrogen and oxygen atoms in total. The van der Waals surface area contributed by atoms with Crippen LogP contribution in [0.1, 0.15) is 16.1 Å². The maximum absolute atomic E-state index is 12.7. The van der Waals surface area contributed by atoms with Crippen LogP contribution in [-0.2, 0) is 6.54 Å². The Bertz CT molecular complexity index is 974. The molecule has 118 valence electrons. The summed E-state index contributed by atoms with van der Waals surface area (Å²) in [6.45, 7) is 0.648. The molecule has 0 aliphatic heterocycles. The lowest BCUT2D eigenvalue weighted by Gasteiger charge is -2.10. The Hall–Kier alpha value is -2.92. The van der Waals surface area contributed by atoms with E-state index < -0.39 is 0 Å². The largest absolute Gasteiger partial charge is 0.332 e. The number of hydrogen-bond acceptors (Lipinski definition) is 3. The smallest absolute Gasteiger partial charge is 0.274 e. The first-order valence-electron chi connectivity index (χ1n) is 7.64. The lowest BCUT2D eigenvalue weighted by Crippen LogP contribution is -2.17. The molecule has 4 rings (SSSR count). The number of nitrogens with one attached hydrogen (secondary N) is 1. The Kier molecular flexibility index (Phi) is 3.84. The van der Waals surface area contributed by atoms with Crippen LogP contribution in [0.4, 0.5) is 5.13 Å². The molecule has 2 heterocycles. The van der Waals surface area contributed by atoms with Gasteiger partial charge in [-0.1, -0.05) is 48.5 Å². The topological polar surface area (TPSA) is 46.9 Å². The second-order valence-electron chi connectivity index (χ2n) is 5.45. The van der Waals surface area contributed by atoms with E-state index >= 15 is 0 Å². The van der Waals surface area contributed by atoms with Gasteiger partial charge in [0.1, 0.15) is 5.69 Å². The van der Waals surface area contributed by atoms with Gasteiger partial charge in [-0.25, -0.2) is 4.98 Å². The van der Waals surface area contributed by atoms with E-state index in [9.17, 15) is 4.79 Å². The van der Waals surface area contributed by atoms with Crippen molar-refractivity contribution in [2.24, 2.45) is 0 Å². The van der Waals surface area contributed by atoms with Crippen molar-refractivity contribution >= 4 is 33.3 Å². The molecule has 0 aliphatic carbocycles. The molecular weight excluding hydrogens is 318 g/mol. The molecule has 2 aromatic heterocycles. The summed E-state index contributed by atoms with van der Waals surface area (Å²) in [5, 5.41) is 6.38. The number of carbonyl (C=O) groups is 1. The average molecular weight is 333 g/mol. The number of para-hydroxylation sites is 1. The third kappa shape index (κ3) is 2.81. The second kappa shape index (κ2) is 6.29. The van der Waals surface area contributed by atoms with Gasteiger partial charge in [-0.3, -0.25) is 10.1 Å². The number of amides is 1. The zero-order valence-corrected chi connectivity index (χ0v) is 13.7. The fraction of sp³-hybridized carbons (Fsp3) is 0.0526. The molecule has 0 atom stereocenters. The lowest BCUT2D eigenvalue weighted by atomic mass is 10.2. The van der Waals surface area contributed by atoms with Crippen LogP contribution < -0.4 is 5.32 Å². The predicted molar refractivity (Wildman–Crippen MR) is 97.5 cm³/mol. The van der Waals surface area contributed by atoms with Crippen molar-refractivity contribution in [1.82, 2.24) is 9.55 Å². The Balaban J connectivity index is 1.76. The Morgan fingerprint density at radius 1 is 1.08 bits per heavy atom. The molecule has 24 heavy (non-hydrogen) atoms. The number of carbonyl (C=O) groups excluding carboxylic acids is 1. The van der Waals surface area contributed by atoms with Gasteiger partial charge in [0.2, 0.25) is 0 Å². The third-order valence-electron chi connectivity index (χ3n) is 3.88. The van der Waals surface area contributed by atoms with Crippen LogP contribution >= 0.6 is 11.3 Å². The highest BCUT2D eigenvalue weighted by molar-refractivity contribution is 7.13. The van der Waals surface area contributed by atoms with Crippen LogP contribution in [0.15, 0.2) is 72.2 Å². The summed E-state index contributed by atoms with van der Waals surface area (Å²) in [6, 6.07) is 20.1. The van der Waals surface area contributed by atoms with Crippen LogP contribution in [0, 0.1) is 0 Å². The van der Waals surface area contributed by atoms with Crippen molar-refractivity contribution in [1.29, 1.82) is 0 Å². The summed E-state index contributed by atoms with van der Waals surface area (Å²) >= 11 is 1.41. The highest BCUT2D eigenvalue weighted by atomic mass is 32.1. The van der Waals surface area contributed by atoms with Gasteiger partial charge in [0.15, 0.2) is 5.13 Å². The first kappa shape index (κ1) is 14.7. The third-order valence-corrected chi connectivity index (χ3v) is 4.57. The molecule has 0 spiro atoms. The fourth-order valence-corrected chi connectivity index (χ4v) is 3.31. The van der Waals surface area contributed by atoms with Crippen molar-refractivity contribution < 1.29 is 4.79 Å². The molecule has 1 N–H and O–H groups in total. The summed E-state index contributed by atoms with van der Waals surface area (Å²) in [7, 11) is 0. The number of rotatable bonds is 4. The Morgan fingerprint density at radius 2 is 1.88 bits per heavy atom. The summed E-state index contributed by atoms with van der Waals surface area (Å²) in [6.07, 6.45) is 1.68. The molecule has 5 heteroatoms. The molecule has 1 amide bonds. The van der Waals surface area contributed by atoms with Gasteiger partial charge in [-0.2, -0.15) is 0 Å². The summed E-state index contributed by atoms with van der Waals surface area (Å²) in [5.41, 5.74) is 2.84. The molecule has 0 bridgehead atoms. The van der Waals surface area contributed by atoms with Gasteiger partial charge in [0.25, 0.3) is 5.91 Å². The van der Waals surface area contributed by atoms with Gasteiger partial charge in [-0.05, 0) is 17.7 Å². The van der Waals surface area contributed by atoms with E-state index in [4.69, 9.17) is 0 Å². The molecule has 0 aliphatic rings. The van der Waals surface area contributed by atoms with E-state index in [1.165, 1.54) is 11.3 Å². The number of anilines is 1. The fourth-order valence-electron chi connectivity index (χ4n) is 2.78. The van der Waals surface area contributed by atoms with E-state index in [2.05, 4.69) is 22.4 Å². The summed E-state index contributed by atoms with van der Waals surface area (Å²) < 4.78 is 2.05. The van der Waals surface area contributed by atoms with E-state index in [0.717, 1.165) is 16.5 Å². The SMILES string of the molecule is O=C(Nc1nccs1)c1cc2ccccc2n1Cc1ccccc1. The molecule has 4 aromatic rings. The van der Waals surface area contributed by atoms with E-state index in [1.807, 2.05) is 58.5 Å². The predicted octanol–water partition coefficient (Wildman–Crippen LogP) is 4.40. The van der Waals surface area contributed by atoms with Gasteiger partial charge >= 0.3 is 0 Å². The maximum Gasteiger partial charge on any atom is 0.274 e. The summed E-state index contributed by atoms with van der Waals surface area (Å²) in [5.74, 6) is -0.142. The Labute approximate surface area is 143 Å². The highest BCUT2D eigenvalue weighted by Gasteiger charge is 2.16. The molecule has 2 aromatic carbocycles. The van der Waals surface area contributed by atoms with Crippen molar-refractivity contribution in [3.63, 3.8) is 0 Å². The standard InChI is InChI=1S/C19H15N3OS/c23-18(21-19-20-10-11-24-19)17-12-15-8-4-5-9-16(15)22(17)13-14-6-2-1-3-7-14/h1-12H,13H2,(H,20,21,23). The van der Waals surface area contributed by atoms with Crippen LogP contribution in [0.2, 0.25) is 0 Å². The number of fused-ring (bicyclic) bond motifs is 1. The number of thiazole rings is 1. The molecular formula is C19H15N3OS. The minimum Gasteiger partial charge on any atom is -0.332 e. The second-order valence-corrected chi connectivity index (χ2v) is 6.35. The van der Waals surface area contributed by atoms with E-state index in [-0.39, 0.29) is 5.91 Å². The first-order valence-corrected chi connectivity index (χ1v) is 8.52. The zero-order chi connectivity index (χ0) is 16.4. The molecule has 0 fully saturated rings. The van der Waals surface area contributed by atoms with Crippen molar-refractivity contribution in [2.75, 3.05) is 5.32 Å². The summed E-state index contributed by atoms with van der Waals surface area (Å²) in [4.78, 5) is 16.9. The van der Waals surface area contributed by atoms with Crippen LogP contribution in [0.25, 0.3) is 10.9 Å². The van der Waals surface area contributed by atoms with Gasteiger partial charge in [0.05, 0.1) is 0 Å². The number of aromatic nitrogens is 2. The minimum absolute atomic E-state index is 0.142. The quantitative estimate of drug-likeness (QED) is 0.602. The first-order chi connectivity index (χ1) is 11.8. The Morgan fingerprint density at radius 3 is 2.67 bits per heavy atom. The van der Waals surface area contributed by atoms with Crippen molar-refractivity contribution in [3.8, 4) is 0 Å². The average Bonchev–Trinajstić information content (AvgIpc) is 3.24. The minimum atomic E-state index is -0.142. The number of nitrogens with zero attached hydrogens (tertiary/aromatic N) is 2. The number of benzene rings is 2. The molecule has 0 saturated carbocycles. The molecule has 0 unspecified atom stereocenters. The van der Waals surface area contributed by atoms with E-state index in [0.29, 0.717) is 17.4 Å². The number of hydrogen-bond donors (Lipinski definition) is 1. The van der Waals surface area contributed by atoms with E-state index in [1.54, 1.807) is 6.20 Å². The van der Waals surface area contributed by atoms with Crippen LogP contribution in [-0.4, -0.2) is 15.5 Å².